The van der Waals surface area contributed by atoms with E-state index in [2.05, 4.69) is 5.32 Å². The minimum atomic E-state index is -1.11. The number of piperidine rings is 1. The van der Waals surface area contributed by atoms with Gasteiger partial charge in [0.25, 0.3) is 0 Å². The van der Waals surface area contributed by atoms with Crippen LogP contribution in [0.5, 0.6) is 0 Å². The van der Waals surface area contributed by atoms with E-state index in [1.807, 2.05) is 11.8 Å². The van der Waals surface area contributed by atoms with E-state index in [1.54, 1.807) is 13.8 Å². The largest absolute Gasteiger partial charge is 0.392 e. The first kappa shape index (κ1) is 17.2. The summed E-state index contributed by atoms with van der Waals surface area (Å²) in [6.45, 7) is 6.99. The zero-order valence-corrected chi connectivity index (χ0v) is 13.9. The molecule has 1 saturated carbocycles. The van der Waals surface area contributed by atoms with Gasteiger partial charge in [-0.15, -0.1) is 0 Å². The molecule has 2 amide bonds. The van der Waals surface area contributed by atoms with Crippen molar-refractivity contribution in [2.24, 2.45) is 11.1 Å². The SMILES string of the molecule is CCC(NC(=O)[C@@]1(N)C[C@H](O)C1(C)C)C(=O)N1CCCCC1. The maximum absolute atomic E-state index is 12.5. The number of amides is 2. The molecule has 4 N–H and O–H groups in total. The highest BCUT2D eigenvalue weighted by Crippen LogP contribution is 2.48. The highest BCUT2D eigenvalue weighted by molar-refractivity contribution is 5.93. The first-order valence-electron chi connectivity index (χ1n) is 8.30. The van der Waals surface area contributed by atoms with Crippen molar-refractivity contribution in [3.8, 4) is 0 Å². The van der Waals surface area contributed by atoms with Crippen molar-refractivity contribution in [3.05, 3.63) is 0 Å². The molecule has 2 rings (SSSR count). The fourth-order valence-corrected chi connectivity index (χ4v) is 3.33. The second-order valence-corrected chi connectivity index (χ2v) is 7.23. The lowest BCUT2D eigenvalue weighted by atomic mass is 9.54. The molecule has 126 valence electrons. The first-order chi connectivity index (χ1) is 10.2. The van der Waals surface area contributed by atoms with E-state index in [4.69, 9.17) is 5.73 Å². The summed E-state index contributed by atoms with van der Waals surface area (Å²) in [6, 6.07) is -0.528. The maximum Gasteiger partial charge on any atom is 0.245 e. The molecule has 0 bridgehead atoms. The van der Waals surface area contributed by atoms with E-state index < -0.39 is 23.1 Å². The van der Waals surface area contributed by atoms with Crippen LogP contribution >= 0.6 is 0 Å². The molecule has 0 aromatic heterocycles. The molecular formula is C16H29N3O3. The van der Waals surface area contributed by atoms with Gasteiger partial charge >= 0.3 is 0 Å². The molecule has 1 aliphatic heterocycles. The molecule has 1 saturated heterocycles. The number of aliphatic hydroxyl groups is 1. The normalized spacial score (nSPS) is 32.0. The number of rotatable bonds is 4. The predicted octanol–water partition coefficient (Wildman–Crippen LogP) is 0.382. The molecular weight excluding hydrogens is 282 g/mol. The molecule has 0 aromatic rings. The Morgan fingerprint density at radius 1 is 1.32 bits per heavy atom. The Balaban J connectivity index is 2.01. The van der Waals surface area contributed by atoms with Crippen molar-refractivity contribution in [2.75, 3.05) is 13.1 Å². The topological polar surface area (TPSA) is 95.7 Å². The summed E-state index contributed by atoms with van der Waals surface area (Å²) < 4.78 is 0. The lowest BCUT2D eigenvalue weighted by Gasteiger charge is -2.56. The van der Waals surface area contributed by atoms with Gasteiger partial charge in [-0.3, -0.25) is 9.59 Å². The summed E-state index contributed by atoms with van der Waals surface area (Å²) in [5.41, 5.74) is 4.41. The van der Waals surface area contributed by atoms with Crippen molar-refractivity contribution in [1.82, 2.24) is 10.2 Å². The van der Waals surface area contributed by atoms with Gasteiger partial charge in [-0.25, -0.2) is 0 Å². The third kappa shape index (κ3) is 2.74. The Morgan fingerprint density at radius 3 is 2.36 bits per heavy atom. The van der Waals surface area contributed by atoms with E-state index in [9.17, 15) is 14.7 Å². The Bertz CT molecular complexity index is 446. The lowest BCUT2D eigenvalue weighted by molar-refractivity contribution is -0.160. The number of likely N-dealkylation sites (tertiary alicyclic amines) is 1. The summed E-state index contributed by atoms with van der Waals surface area (Å²) in [7, 11) is 0. The average Bonchev–Trinajstić information content (AvgIpc) is 2.52. The molecule has 6 nitrogen and oxygen atoms in total. The maximum atomic E-state index is 12.5. The van der Waals surface area contributed by atoms with Gasteiger partial charge in [0.2, 0.25) is 11.8 Å². The van der Waals surface area contributed by atoms with Gasteiger partial charge in [-0.1, -0.05) is 20.8 Å². The number of hydrogen-bond acceptors (Lipinski definition) is 4. The quantitative estimate of drug-likeness (QED) is 0.699. The van der Waals surface area contributed by atoms with Crippen LogP contribution in [0, 0.1) is 5.41 Å². The molecule has 1 unspecified atom stereocenters. The van der Waals surface area contributed by atoms with E-state index in [-0.39, 0.29) is 18.2 Å². The number of hydrogen-bond donors (Lipinski definition) is 3. The van der Waals surface area contributed by atoms with Crippen molar-refractivity contribution >= 4 is 11.8 Å². The second-order valence-electron chi connectivity index (χ2n) is 7.23. The summed E-state index contributed by atoms with van der Waals surface area (Å²) in [5, 5.41) is 12.6. The number of nitrogens with zero attached hydrogens (tertiary/aromatic N) is 1. The third-order valence-electron chi connectivity index (χ3n) is 5.58. The average molecular weight is 311 g/mol. The highest BCUT2D eigenvalue weighted by atomic mass is 16.3. The summed E-state index contributed by atoms with van der Waals surface area (Å²) in [5.74, 6) is -0.350. The number of carbonyl (C=O) groups excluding carboxylic acids is 2. The van der Waals surface area contributed by atoms with Crippen LogP contribution in [-0.4, -0.2) is 52.6 Å². The van der Waals surface area contributed by atoms with E-state index in [0.29, 0.717) is 6.42 Å². The van der Waals surface area contributed by atoms with Crippen LogP contribution in [0.3, 0.4) is 0 Å². The predicted molar refractivity (Wildman–Crippen MR) is 84.0 cm³/mol. The van der Waals surface area contributed by atoms with Crippen LogP contribution in [0.2, 0.25) is 0 Å². The lowest BCUT2D eigenvalue weighted by Crippen LogP contribution is -2.76. The zero-order chi connectivity index (χ0) is 16.5. The fraction of sp³-hybridized carbons (Fsp3) is 0.875. The molecule has 22 heavy (non-hydrogen) atoms. The molecule has 2 aliphatic rings. The van der Waals surface area contributed by atoms with E-state index in [1.165, 1.54) is 0 Å². The van der Waals surface area contributed by atoms with Gasteiger partial charge in [0, 0.05) is 24.9 Å². The van der Waals surface area contributed by atoms with Crippen LogP contribution in [-0.2, 0) is 9.59 Å². The minimum absolute atomic E-state index is 0.0168. The summed E-state index contributed by atoms with van der Waals surface area (Å²) in [6.07, 6.45) is 3.40. The van der Waals surface area contributed by atoms with Crippen molar-refractivity contribution < 1.29 is 14.7 Å². The first-order valence-corrected chi connectivity index (χ1v) is 8.30. The van der Waals surface area contributed by atoms with Crippen LogP contribution in [0.4, 0.5) is 0 Å². The van der Waals surface area contributed by atoms with Crippen molar-refractivity contribution in [1.29, 1.82) is 0 Å². The Kier molecular flexibility index (Phi) is 4.82. The fourth-order valence-electron chi connectivity index (χ4n) is 3.33. The second kappa shape index (κ2) is 6.16. The number of nitrogens with two attached hydrogens (primary N) is 1. The monoisotopic (exact) mass is 311 g/mol. The Hall–Kier alpha value is -1.14. The van der Waals surface area contributed by atoms with Gasteiger partial charge in [0.05, 0.1) is 6.10 Å². The van der Waals surface area contributed by atoms with Crippen molar-refractivity contribution in [2.45, 2.75) is 70.6 Å². The summed E-state index contributed by atoms with van der Waals surface area (Å²) in [4.78, 5) is 26.9. The number of aliphatic hydroxyl groups excluding tert-OH is 1. The van der Waals surface area contributed by atoms with E-state index in [0.717, 1.165) is 32.4 Å². The van der Waals surface area contributed by atoms with Crippen LogP contribution in [0.25, 0.3) is 0 Å². The van der Waals surface area contributed by atoms with Gasteiger partial charge in [0.1, 0.15) is 11.6 Å². The van der Waals surface area contributed by atoms with Crippen LogP contribution < -0.4 is 11.1 Å². The van der Waals surface area contributed by atoms with Gasteiger partial charge in [0.15, 0.2) is 0 Å². The van der Waals surface area contributed by atoms with Gasteiger partial charge in [-0.05, 0) is 25.7 Å². The molecule has 0 radical (unpaired) electrons. The number of carbonyl (C=O) groups is 2. The van der Waals surface area contributed by atoms with Gasteiger partial charge < -0.3 is 21.1 Å². The van der Waals surface area contributed by atoms with Crippen molar-refractivity contribution in [3.63, 3.8) is 0 Å². The molecule has 0 aromatic carbocycles. The molecule has 3 atom stereocenters. The van der Waals surface area contributed by atoms with E-state index >= 15 is 0 Å². The minimum Gasteiger partial charge on any atom is -0.392 e. The standard InChI is InChI=1S/C16H29N3O3/c1-4-11(13(21)19-8-6-5-7-9-19)18-14(22)16(17)10-12(20)15(16,2)3/h11-12,20H,4-10,17H2,1-3H3,(H,18,22)/t11?,12-,16-/m0/s1. The molecule has 0 spiro atoms. The smallest absolute Gasteiger partial charge is 0.245 e. The van der Waals surface area contributed by atoms with Gasteiger partial charge in [-0.2, -0.15) is 0 Å². The molecule has 2 fully saturated rings. The van der Waals surface area contributed by atoms with Crippen LogP contribution in [0.15, 0.2) is 0 Å². The Labute approximate surface area is 132 Å². The summed E-state index contributed by atoms with van der Waals surface area (Å²) >= 11 is 0. The number of nitrogens with one attached hydrogen (secondary N) is 1. The molecule has 6 heteroatoms. The zero-order valence-electron chi connectivity index (χ0n) is 13.9. The molecule has 1 aliphatic carbocycles. The van der Waals surface area contributed by atoms with Crippen LogP contribution in [0.1, 0.15) is 52.9 Å². The third-order valence-corrected chi connectivity index (χ3v) is 5.58. The highest BCUT2D eigenvalue weighted by Gasteiger charge is 2.62. The molecule has 1 heterocycles. The Morgan fingerprint density at radius 2 is 1.91 bits per heavy atom.